The molecule has 3 heteroatoms. The Morgan fingerprint density at radius 2 is 1.95 bits per heavy atom. The fourth-order valence-electron chi connectivity index (χ4n) is 3.39. The van der Waals surface area contributed by atoms with Crippen molar-refractivity contribution in [1.29, 1.82) is 0 Å². The number of para-hydroxylation sites is 1. The van der Waals surface area contributed by atoms with E-state index in [0.29, 0.717) is 6.04 Å². The molecule has 1 saturated carbocycles. The fraction of sp³-hybridized carbons (Fsp3) is 0.529. The number of nitrogens with one attached hydrogen (secondary N) is 1. The molecule has 1 aromatic heterocycles. The van der Waals surface area contributed by atoms with Crippen LogP contribution in [0.1, 0.15) is 45.4 Å². The molecule has 0 radical (unpaired) electrons. The topological polar surface area (TPSA) is 37.8 Å². The molecule has 20 heavy (non-hydrogen) atoms. The summed E-state index contributed by atoms with van der Waals surface area (Å²) < 4.78 is 0. The third-order valence-corrected chi connectivity index (χ3v) is 4.52. The highest BCUT2D eigenvalue weighted by Gasteiger charge is 2.22. The van der Waals surface area contributed by atoms with E-state index in [1.165, 1.54) is 32.1 Å². The Morgan fingerprint density at radius 1 is 1.15 bits per heavy atom. The second kappa shape index (κ2) is 6.21. The van der Waals surface area contributed by atoms with Crippen molar-refractivity contribution in [2.45, 2.75) is 51.5 Å². The van der Waals surface area contributed by atoms with E-state index in [1.54, 1.807) is 6.33 Å². The van der Waals surface area contributed by atoms with E-state index < -0.39 is 0 Å². The Morgan fingerprint density at radius 3 is 2.75 bits per heavy atom. The van der Waals surface area contributed by atoms with Gasteiger partial charge in [-0.15, -0.1) is 0 Å². The van der Waals surface area contributed by atoms with Gasteiger partial charge in [-0.3, -0.25) is 0 Å². The van der Waals surface area contributed by atoms with Crippen molar-refractivity contribution >= 4 is 16.7 Å². The van der Waals surface area contributed by atoms with E-state index in [9.17, 15) is 0 Å². The predicted octanol–water partition coefficient (Wildman–Crippen LogP) is 4.40. The van der Waals surface area contributed by atoms with E-state index in [2.05, 4.69) is 34.3 Å². The zero-order valence-electron chi connectivity index (χ0n) is 12.2. The summed E-state index contributed by atoms with van der Waals surface area (Å²) in [6, 6.07) is 8.76. The molecular weight excluding hydrogens is 246 g/mol. The van der Waals surface area contributed by atoms with E-state index in [-0.39, 0.29) is 0 Å². The molecule has 0 aliphatic heterocycles. The van der Waals surface area contributed by atoms with Crippen LogP contribution < -0.4 is 5.32 Å². The third kappa shape index (κ3) is 2.77. The molecule has 1 aliphatic carbocycles. The van der Waals surface area contributed by atoms with E-state index in [0.717, 1.165) is 29.1 Å². The predicted molar refractivity (Wildman–Crippen MR) is 83.8 cm³/mol. The fourth-order valence-corrected chi connectivity index (χ4v) is 3.39. The van der Waals surface area contributed by atoms with Gasteiger partial charge in [0, 0.05) is 11.4 Å². The first kappa shape index (κ1) is 13.3. The minimum absolute atomic E-state index is 0.536. The molecule has 0 bridgehead atoms. The molecule has 3 rings (SSSR count). The number of fused-ring (bicyclic) bond motifs is 1. The summed E-state index contributed by atoms with van der Waals surface area (Å²) >= 11 is 0. The largest absolute Gasteiger partial charge is 0.366 e. The quantitative estimate of drug-likeness (QED) is 0.894. The Bertz CT molecular complexity index is 556. The molecule has 106 valence electrons. The number of nitrogens with zero attached hydrogens (tertiary/aromatic N) is 2. The maximum absolute atomic E-state index is 4.47. The van der Waals surface area contributed by atoms with E-state index >= 15 is 0 Å². The number of benzene rings is 1. The summed E-state index contributed by atoms with van der Waals surface area (Å²) in [7, 11) is 0. The molecule has 1 aliphatic rings. The molecule has 1 atom stereocenters. The lowest BCUT2D eigenvalue weighted by Gasteiger charge is -2.30. The van der Waals surface area contributed by atoms with Crippen molar-refractivity contribution in [2.24, 2.45) is 5.92 Å². The van der Waals surface area contributed by atoms with Gasteiger partial charge in [0.1, 0.15) is 12.1 Å². The molecule has 0 saturated heterocycles. The maximum atomic E-state index is 4.47. The van der Waals surface area contributed by atoms with Gasteiger partial charge < -0.3 is 5.32 Å². The summed E-state index contributed by atoms with van der Waals surface area (Å²) in [5.74, 6) is 1.79. The number of rotatable bonds is 4. The Labute approximate surface area is 120 Å². The third-order valence-electron chi connectivity index (χ3n) is 4.52. The first-order valence-electron chi connectivity index (χ1n) is 7.84. The molecule has 1 fully saturated rings. The Kier molecular flexibility index (Phi) is 4.14. The van der Waals surface area contributed by atoms with Crippen molar-refractivity contribution < 1.29 is 0 Å². The standard InChI is InChI=1S/C17H23N3/c1-2-15(13-8-4-3-5-9-13)20-17-14-10-6-7-11-16(14)18-12-19-17/h6-7,10-13,15H,2-5,8-9H2,1H3,(H,18,19,20). The van der Waals surface area contributed by atoms with Crippen LogP contribution in [0.5, 0.6) is 0 Å². The highest BCUT2D eigenvalue weighted by Crippen LogP contribution is 2.30. The summed E-state index contributed by atoms with van der Waals surface area (Å²) in [4.78, 5) is 8.80. The van der Waals surface area contributed by atoms with Gasteiger partial charge in [0.25, 0.3) is 0 Å². The van der Waals surface area contributed by atoms with Gasteiger partial charge in [-0.2, -0.15) is 0 Å². The zero-order valence-corrected chi connectivity index (χ0v) is 12.2. The van der Waals surface area contributed by atoms with Crippen LogP contribution in [-0.2, 0) is 0 Å². The first-order valence-corrected chi connectivity index (χ1v) is 7.84. The van der Waals surface area contributed by atoms with Gasteiger partial charge in [0.15, 0.2) is 0 Å². The second-order valence-electron chi connectivity index (χ2n) is 5.80. The average Bonchev–Trinajstić information content (AvgIpc) is 2.53. The van der Waals surface area contributed by atoms with Crippen molar-refractivity contribution in [3.8, 4) is 0 Å². The van der Waals surface area contributed by atoms with Gasteiger partial charge in [-0.05, 0) is 37.3 Å². The van der Waals surface area contributed by atoms with Crippen LogP contribution in [0.25, 0.3) is 10.9 Å². The van der Waals surface area contributed by atoms with Crippen LogP contribution in [0.15, 0.2) is 30.6 Å². The summed E-state index contributed by atoms with van der Waals surface area (Å²) in [6.45, 7) is 2.27. The minimum Gasteiger partial charge on any atom is -0.366 e. The van der Waals surface area contributed by atoms with Crippen LogP contribution in [0, 0.1) is 5.92 Å². The van der Waals surface area contributed by atoms with Crippen LogP contribution >= 0.6 is 0 Å². The molecule has 0 amide bonds. The van der Waals surface area contributed by atoms with Crippen LogP contribution in [0.2, 0.25) is 0 Å². The van der Waals surface area contributed by atoms with Crippen molar-refractivity contribution in [1.82, 2.24) is 9.97 Å². The minimum atomic E-state index is 0.536. The normalized spacial score (nSPS) is 18.1. The van der Waals surface area contributed by atoms with Gasteiger partial charge in [0.2, 0.25) is 0 Å². The lowest BCUT2D eigenvalue weighted by atomic mass is 9.83. The average molecular weight is 269 g/mol. The van der Waals surface area contributed by atoms with E-state index in [1.807, 2.05) is 12.1 Å². The molecular formula is C17H23N3. The number of hydrogen-bond acceptors (Lipinski definition) is 3. The van der Waals surface area contributed by atoms with E-state index in [4.69, 9.17) is 0 Å². The highest BCUT2D eigenvalue weighted by molar-refractivity contribution is 5.88. The maximum Gasteiger partial charge on any atom is 0.137 e. The summed E-state index contributed by atoms with van der Waals surface area (Å²) in [6.07, 6.45) is 9.70. The molecule has 0 spiro atoms. The van der Waals surface area contributed by atoms with Gasteiger partial charge in [-0.1, -0.05) is 38.3 Å². The van der Waals surface area contributed by atoms with Crippen molar-refractivity contribution in [3.63, 3.8) is 0 Å². The Balaban J connectivity index is 1.83. The number of anilines is 1. The number of aromatic nitrogens is 2. The molecule has 2 aromatic rings. The molecule has 3 nitrogen and oxygen atoms in total. The number of hydrogen-bond donors (Lipinski definition) is 1. The molecule has 1 unspecified atom stereocenters. The van der Waals surface area contributed by atoms with Crippen molar-refractivity contribution in [2.75, 3.05) is 5.32 Å². The first-order chi connectivity index (χ1) is 9.88. The highest BCUT2D eigenvalue weighted by atomic mass is 15.0. The molecule has 1 aromatic carbocycles. The molecule has 1 heterocycles. The summed E-state index contributed by atoms with van der Waals surface area (Å²) in [5.41, 5.74) is 1.02. The molecule has 1 N–H and O–H groups in total. The lowest BCUT2D eigenvalue weighted by molar-refractivity contribution is 0.312. The van der Waals surface area contributed by atoms with Crippen molar-refractivity contribution in [3.05, 3.63) is 30.6 Å². The van der Waals surface area contributed by atoms with Crippen LogP contribution in [0.3, 0.4) is 0 Å². The van der Waals surface area contributed by atoms with Crippen LogP contribution in [0.4, 0.5) is 5.82 Å². The van der Waals surface area contributed by atoms with Gasteiger partial charge in [-0.25, -0.2) is 9.97 Å². The summed E-state index contributed by atoms with van der Waals surface area (Å²) in [5, 5.41) is 4.82. The van der Waals surface area contributed by atoms with Gasteiger partial charge >= 0.3 is 0 Å². The van der Waals surface area contributed by atoms with Crippen LogP contribution in [-0.4, -0.2) is 16.0 Å². The smallest absolute Gasteiger partial charge is 0.137 e. The Hall–Kier alpha value is -1.64. The SMILES string of the molecule is CCC(Nc1ncnc2ccccc12)C1CCCCC1. The zero-order chi connectivity index (χ0) is 13.8. The second-order valence-corrected chi connectivity index (χ2v) is 5.80. The monoisotopic (exact) mass is 269 g/mol. The van der Waals surface area contributed by atoms with Gasteiger partial charge in [0.05, 0.1) is 5.52 Å². The lowest BCUT2D eigenvalue weighted by Crippen LogP contribution is -2.30.